The number of amides is 1. The third-order valence-corrected chi connectivity index (χ3v) is 3.90. The number of hydrogen-bond donors (Lipinski definition) is 2. The molecule has 2 rings (SSSR count). The zero-order valence-electron chi connectivity index (χ0n) is 10.3. The molecule has 5 heteroatoms. The number of carbonyl (C=O) groups excluding carboxylic acids is 1. The largest absolute Gasteiger partial charge is 0.398 e. The maximum Gasteiger partial charge on any atom is 0.230 e. The fourth-order valence-corrected chi connectivity index (χ4v) is 2.57. The summed E-state index contributed by atoms with van der Waals surface area (Å²) in [7, 11) is 0. The molecule has 0 aromatic heterocycles. The van der Waals surface area contributed by atoms with Crippen molar-refractivity contribution in [3.63, 3.8) is 0 Å². The zero-order valence-corrected chi connectivity index (χ0v) is 11.9. The highest BCUT2D eigenvalue weighted by Gasteiger charge is 2.32. The van der Waals surface area contributed by atoms with Gasteiger partial charge in [0.15, 0.2) is 0 Å². The van der Waals surface area contributed by atoms with Gasteiger partial charge in [-0.05, 0) is 47.0 Å². The molecule has 2 unspecified atom stereocenters. The van der Waals surface area contributed by atoms with Gasteiger partial charge in [0.25, 0.3) is 0 Å². The van der Waals surface area contributed by atoms with Crippen LogP contribution in [-0.2, 0) is 9.53 Å². The maximum atomic E-state index is 12.1. The van der Waals surface area contributed by atoms with Crippen molar-refractivity contribution in [2.24, 2.45) is 5.92 Å². The van der Waals surface area contributed by atoms with Gasteiger partial charge in [0.2, 0.25) is 5.91 Å². The van der Waals surface area contributed by atoms with Gasteiger partial charge in [-0.2, -0.15) is 0 Å². The Balaban J connectivity index is 2.04. The number of benzene rings is 1. The molecule has 1 aromatic rings. The van der Waals surface area contributed by atoms with E-state index >= 15 is 0 Å². The van der Waals surface area contributed by atoms with E-state index in [0.717, 1.165) is 23.0 Å². The number of nitrogen functional groups attached to an aromatic ring is 1. The fourth-order valence-electron chi connectivity index (χ4n) is 2.19. The third-order valence-electron chi connectivity index (χ3n) is 3.22. The molecule has 1 aromatic carbocycles. The molecule has 0 spiro atoms. The van der Waals surface area contributed by atoms with Crippen LogP contribution in [0, 0.1) is 5.92 Å². The number of carbonyl (C=O) groups is 1. The van der Waals surface area contributed by atoms with E-state index in [1.165, 1.54) is 0 Å². The summed E-state index contributed by atoms with van der Waals surface area (Å²) in [5.74, 6) is -0.0256. The minimum Gasteiger partial charge on any atom is -0.398 e. The fraction of sp³-hybridized carbons (Fsp3) is 0.462. The van der Waals surface area contributed by atoms with E-state index < -0.39 is 0 Å². The van der Waals surface area contributed by atoms with Crippen molar-refractivity contribution in [2.75, 3.05) is 17.7 Å². The second kappa shape index (κ2) is 5.71. The van der Waals surface area contributed by atoms with E-state index in [2.05, 4.69) is 21.2 Å². The van der Waals surface area contributed by atoms with Crippen LogP contribution >= 0.6 is 15.9 Å². The highest BCUT2D eigenvalue weighted by atomic mass is 79.9. The van der Waals surface area contributed by atoms with Crippen molar-refractivity contribution >= 4 is 33.2 Å². The van der Waals surface area contributed by atoms with Crippen molar-refractivity contribution in [1.29, 1.82) is 0 Å². The Morgan fingerprint density at radius 2 is 2.39 bits per heavy atom. The smallest absolute Gasteiger partial charge is 0.230 e. The lowest BCUT2D eigenvalue weighted by atomic mass is 9.98. The molecule has 3 N–H and O–H groups in total. The summed E-state index contributed by atoms with van der Waals surface area (Å²) < 4.78 is 6.31. The molecule has 0 radical (unpaired) electrons. The average Bonchev–Trinajstić information content (AvgIpc) is 2.82. The van der Waals surface area contributed by atoms with Gasteiger partial charge in [-0.25, -0.2) is 0 Å². The van der Waals surface area contributed by atoms with E-state index in [9.17, 15) is 4.79 Å². The van der Waals surface area contributed by atoms with E-state index in [1.54, 1.807) is 12.1 Å². The number of hydrogen-bond acceptors (Lipinski definition) is 3. The lowest BCUT2D eigenvalue weighted by Gasteiger charge is -2.16. The Morgan fingerprint density at radius 3 is 3.06 bits per heavy atom. The van der Waals surface area contributed by atoms with Crippen LogP contribution in [0.3, 0.4) is 0 Å². The molecule has 4 nitrogen and oxygen atoms in total. The normalized spacial score (nSPS) is 23.0. The van der Waals surface area contributed by atoms with Gasteiger partial charge in [-0.1, -0.05) is 6.92 Å². The van der Waals surface area contributed by atoms with Gasteiger partial charge in [-0.3, -0.25) is 4.79 Å². The van der Waals surface area contributed by atoms with Gasteiger partial charge < -0.3 is 15.8 Å². The average molecular weight is 313 g/mol. The molecule has 0 aliphatic carbocycles. The summed E-state index contributed by atoms with van der Waals surface area (Å²) in [6.45, 7) is 2.71. The van der Waals surface area contributed by atoms with Crippen LogP contribution in [0.1, 0.15) is 19.8 Å². The third kappa shape index (κ3) is 2.84. The lowest BCUT2D eigenvalue weighted by molar-refractivity contribution is -0.121. The first kappa shape index (κ1) is 13.4. The molecule has 2 atom stereocenters. The van der Waals surface area contributed by atoms with Crippen molar-refractivity contribution in [1.82, 2.24) is 0 Å². The van der Waals surface area contributed by atoms with Crippen LogP contribution in [-0.4, -0.2) is 18.6 Å². The lowest BCUT2D eigenvalue weighted by Crippen LogP contribution is -2.29. The molecule has 1 saturated heterocycles. The number of nitrogens with two attached hydrogens (primary N) is 1. The van der Waals surface area contributed by atoms with Crippen LogP contribution in [0.4, 0.5) is 11.4 Å². The Hall–Kier alpha value is -1.07. The maximum absolute atomic E-state index is 12.1. The van der Waals surface area contributed by atoms with Crippen LogP contribution in [0.5, 0.6) is 0 Å². The van der Waals surface area contributed by atoms with Crippen molar-refractivity contribution in [3.8, 4) is 0 Å². The molecule has 1 aliphatic heterocycles. The second-order valence-corrected chi connectivity index (χ2v) is 5.29. The van der Waals surface area contributed by atoms with Gasteiger partial charge in [-0.15, -0.1) is 0 Å². The Labute approximate surface area is 115 Å². The van der Waals surface area contributed by atoms with Gasteiger partial charge in [0, 0.05) is 22.5 Å². The Morgan fingerprint density at radius 1 is 1.61 bits per heavy atom. The second-order valence-electron chi connectivity index (χ2n) is 4.44. The number of rotatable bonds is 3. The molecular formula is C13H17BrN2O2. The van der Waals surface area contributed by atoms with Crippen LogP contribution < -0.4 is 11.1 Å². The molecule has 18 heavy (non-hydrogen) atoms. The van der Waals surface area contributed by atoms with Crippen LogP contribution in [0.25, 0.3) is 0 Å². The van der Waals surface area contributed by atoms with Gasteiger partial charge >= 0.3 is 0 Å². The van der Waals surface area contributed by atoms with E-state index in [4.69, 9.17) is 10.5 Å². The van der Waals surface area contributed by atoms with E-state index in [-0.39, 0.29) is 17.9 Å². The van der Waals surface area contributed by atoms with E-state index in [1.807, 2.05) is 13.0 Å². The summed E-state index contributed by atoms with van der Waals surface area (Å²) >= 11 is 3.34. The number of ether oxygens (including phenoxy) is 1. The quantitative estimate of drug-likeness (QED) is 0.843. The Kier molecular flexibility index (Phi) is 4.24. The SMILES string of the molecule is CCC1OCCC1C(=O)Nc1ccc(N)c(Br)c1. The molecular weight excluding hydrogens is 296 g/mol. The first-order valence-corrected chi connectivity index (χ1v) is 6.88. The molecule has 1 amide bonds. The number of halogens is 1. The summed E-state index contributed by atoms with van der Waals surface area (Å²) in [5.41, 5.74) is 7.11. The summed E-state index contributed by atoms with van der Waals surface area (Å²) in [6.07, 6.45) is 1.70. The molecule has 0 saturated carbocycles. The standard InChI is InChI=1S/C13H17BrN2O2/c1-2-12-9(5-6-18-12)13(17)16-8-3-4-11(15)10(14)7-8/h3-4,7,9,12H,2,5-6,15H2,1H3,(H,16,17). The molecule has 0 bridgehead atoms. The highest BCUT2D eigenvalue weighted by molar-refractivity contribution is 9.10. The van der Waals surface area contributed by atoms with Crippen LogP contribution in [0.15, 0.2) is 22.7 Å². The zero-order chi connectivity index (χ0) is 13.1. The van der Waals surface area contributed by atoms with Crippen molar-refractivity contribution < 1.29 is 9.53 Å². The van der Waals surface area contributed by atoms with Gasteiger partial charge in [0.1, 0.15) is 0 Å². The molecule has 98 valence electrons. The summed E-state index contributed by atoms with van der Waals surface area (Å²) in [4.78, 5) is 12.1. The summed E-state index contributed by atoms with van der Waals surface area (Å²) in [5, 5.41) is 2.91. The minimum atomic E-state index is -0.0497. The first-order valence-electron chi connectivity index (χ1n) is 6.09. The monoisotopic (exact) mass is 312 g/mol. The number of anilines is 2. The van der Waals surface area contributed by atoms with Crippen molar-refractivity contribution in [2.45, 2.75) is 25.9 Å². The number of nitrogens with one attached hydrogen (secondary N) is 1. The Bertz CT molecular complexity index is 451. The predicted molar refractivity (Wildman–Crippen MR) is 75.3 cm³/mol. The van der Waals surface area contributed by atoms with Gasteiger partial charge in [0.05, 0.1) is 12.0 Å². The van der Waals surface area contributed by atoms with Crippen LogP contribution in [0.2, 0.25) is 0 Å². The molecule has 1 aliphatic rings. The van der Waals surface area contributed by atoms with Crippen molar-refractivity contribution in [3.05, 3.63) is 22.7 Å². The van der Waals surface area contributed by atoms with E-state index in [0.29, 0.717) is 12.3 Å². The summed E-state index contributed by atoms with van der Waals surface area (Å²) in [6, 6.07) is 5.38. The topological polar surface area (TPSA) is 64.3 Å². The predicted octanol–water partition coefficient (Wildman–Crippen LogP) is 2.78. The minimum absolute atomic E-state index is 0.0241. The first-order chi connectivity index (χ1) is 8.61. The highest BCUT2D eigenvalue weighted by Crippen LogP contribution is 2.27. The molecule has 1 heterocycles. The molecule has 1 fully saturated rings.